The van der Waals surface area contributed by atoms with Gasteiger partial charge in [0.1, 0.15) is 5.69 Å². The van der Waals surface area contributed by atoms with E-state index in [1.807, 2.05) is 62.5 Å². The van der Waals surface area contributed by atoms with Gasteiger partial charge in [-0.3, -0.25) is 9.48 Å². The summed E-state index contributed by atoms with van der Waals surface area (Å²) in [5.74, 6) is 0.926. The van der Waals surface area contributed by atoms with Crippen LogP contribution >= 0.6 is 11.8 Å². The molecule has 0 unspecified atom stereocenters. The number of hydrogen-bond acceptors (Lipinski definition) is 6. The summed E-state index contributed by atoms with van der Waals surface area (Å²) in [5, 5.41) is 8.27. The van der Waals surface area contributed by atoms with Crippen LogP contribution < -0.4 is 4.90 Å². The number of aryl methyl sites for hydroxylation is 1. The Bertz CT molecular complexity index is 1230. The molecule has 5 rings (SSSR count). The van der Waals surface area contributed by atoms with Crippen molar-refractivity contribution in [3.8, 4) is 23.0 Å². The fourth-order valence-corrected chi connectivity index (χ4v) is 4.52. The summed E-state index contributed by atoms with van der Waals surface area (Å²) in [4.78, 5) is 21.3. The van der Waals surface area contributed by atoms with Crippen molar-refractivity contribution in [1.82, 2.24) is 19.9 Å². The lowest BCUT2D eigenvalue weighted by Crippen LogP contribution is -2.30. The Hall–Kier alpha value is -3.39. The molecular weight excluding hydrogens is 386 g/mol. The van der Waals surface area contributed by atoms with Crippen LogP contribution in [0.5, 0.6) is 0 Å². The summed E-state index contributed by atoms with van der Waals surface area (Å²) in [6, 6.07) is 15.4. The molecule has 0 atom stereocenters. The molecule has 1 amide bonds. The molecule has 1 aliphatic heterocycles. The number of rotatable bonds is 3. The van der Waals surface area contributed by atoms with Crippen LogP contribution in [0.25, 0.3) is 23.0 Å². The SMILES string of the molecule is CCN1C(=O)c2ccccc2Sc2cc(-c3noc(-c4ccnn4C)n3)ccc21. The van der Waals surface area contributed by atoms with Gasteiger partial charge in [-0.2, -0.15) is 10.1 Å². The van der Waals surface area contributed by atoms with Crippen LogP contribution in [0.4, 0.5) is 5.69 Å². The highest BCUT2D eigenvalue weighted by Gasteiger charge is 2.26. The van der Waals surface area contributed by atoms with E-state index in [1.165, 1.54) is 0 Å². The van der Waals surface area contributed by atoms with Crippen molar-refractivity contribution >= 4 is 23.4 Å². The van der Waals surface area contributed by atoms with E-state index in [4.69, 9.17) is 4.52 Å². The minimum absolute atomic E-state index is 0.0140. The standard InChI is InChI=1S/C21H17N5O2S/c1-3-26-15-9-8-13(19-23-20(28-24-19)16-10-11-22-25(16)2)12-18(15)29-17-7-5-4-6-14(17)21(26)27/h4-12H,3H2,1-2H3. The van der Waals surface area contributed by atoms with E-state index in [9.17, 15) is 4.79 Å². The predicted octanol–water partition coefficient (Wildman–Crippen LogP) is 4.27. The van der Waals surface area contributed by atoms with Crippen molar-refractivity contribution in [2.45, 2.75) is 16.7 Å². The van der Waals surface area contributed by atoms with Gasteiger partial charge in [-0.15, -0.1) is 0 Å². The number of hydrogen-bond donors (Lipinski definition) is 0. The maximum atomic E-state index is 13.0. The molecule has 0 bridgehead atoms. The lowest BCUT2D eigenvalue weighted by Gasteiger charge is -2.21. The second kappa shape index (κ2) is 6.89. The Morgan fingerprint density at radius 3 is 2.76 bits per heavy atom. The van der Waals surface area contributed by atoms with E-state index in [0.717, 1.165) is 32.3 Å². The largest absolute Gasteiger partial charge is 0.332 e. The molecule has 8 heteroatoms. The zero-order valence-corrected chi connectivity index (χ0v) is 16.7. The first-order chi connectivity index (χ1) is 14.2. The van der Waals surface area contributed by atoms with Gasteiger partial charge in [0.25, 0.3) is 11.8 Å². The van der Waals surface area contributed by atoms with Crippen LogP contribution in [0.15, 0.2) is 69.0 Å². The van der Waals surface area contributed by atoms with E-state index in [1.54, 1.807) is 27.5 Å². The highest BCUT2D eigenvalue weighted by Crippen LogP contribution is 2.42. The van der Waals surface area contributed by atoms with E-state index in [2.05, 4.69) is 15.2 Å². The van der Waals surface area contributed by atoms with Gasteiger partial charge in [0, 0.05) is 35.1 Å². The van der Waals surface area contributed by atoms with Crippen LogP contribution in [-0.4, -0.2) is 32.4 Å². The normalized spacial score (nSPS) is 13.2. The Labute approximate surface area is 171 Å². The molecule has 0 aliphatic carbocycles. The molecule has 0 radical (unpaired) electrons. The first kappa shape index (κ1) is 17.7. The molecule has 0 saturated heterocycles. The fourth-order valence-electron chi connectivity index (χ4n) is 3.41. The van der Waals surface area contributed by atoms with Crippen LogP contribution in [0.1, 0.15) is 17.3 Å². The molecule has 0 fully saturated rings. The molecule has 0 N–H and O–H groups in total. The monoisotopic (exact) mass is 403 g/mol. The van der Waals surface area contributed by atoms with Crippen LogP contribution in [0.3, 0.4) is 0 Å². The predicted molar refractivity (Wildman–Crippen MR) is 110 cm³/mol. The Morgan fingerprint density at radius 2 is 1.97 bits per heavy atom. The van der Waals surface area contributed by atoms with Gasteiger partial charge in [-0.05, 0) is 43.3 Å². The maximum Gasteiger partial charge on any atom is 0.276 e. The van der Waals surface area contributed by atoms with Crippen molar-refractivity contribution in [2.75, 3.05) is 11.4 Å². The van der Waals surface area contributed by atoms with Gasteiger partial charge >= 0.3 is 0 Å². The maximum absolute atomic E-state index is 13.0. The van der Waals surface area contributed by atoms with Crippen LogP contribution in [0, 0.1) is 0 Å². The molecule has 2 aromatic carbocycles. The number of anilines is 1. The number of amides is 1. The fraction of sp³-hybridized carbons (Fsp3) is 0.143. The van der Waals surface area contributed by atoms with Crippen molar-refractivity contribution in [3.63, 3.8) is 0 Å². The lowest BCUT2D eigenvalue weighted by molar-refractivity contribution is 0.0985. The zero-order valence-electron chi connectivity index (χ0n) is 15.9. The van der Waals surface area contributed by atoms with E-state index >= 15 is 0 Å². The molecule has 4 aromatic rings. The lowest BCUT2D eigenvalue weighted by atomic mass is 10.1. The van der Waals surface area contributed by atoms with Gasteiger partial charge in [0.15, 0.2) is 0 Å². The van der Waals surface area contributed by atoms with Gasteiger partial charge < -0.3 is 9.42 Å². The third-order valence-electron chi connectivity index (χ3n) is 4.87. The second-order valence-electron chi connectivity index (χ2n) is 6.59. The molecule has 0 saturated carbocycles. The van der Waals surface area contributed by atoms with Crippen molar-refractivity contribution in [1.29, 1.82) is 0 Å². The average Bonchev–Trinajstić information content (AvgIpc) is 3.36. The van der Waals surface area contributed by atoms with Crippen molar-refractivity contribution in [3.05, 3.63) is 60.3 Å². The number of aromatic nitrogens is 4. The Morgan fingerprint density at radius 1 is 1.10 bits per heavy atom. The summed E-state index contributed by atoms with van der Waals surface area (Å²) in [6.45, 7) is 2.57. The Balaban J connectivity index is 1.58. The minimum atomic E-state index is 0.0140. The van der Waals surface area contributed by atoms with Gasteiger partial charge in [-0.25, -0.2) is 0 Å². The number of benzene rings is 2. The number of nitrogens with zero attached hydrogens (tertiary/aromatic N) is 5. The third kappa shape index (κ3) is 2.92. The Kier molecular flexibility index (Phi) is 4.21. The summed E-state index contributed by atoms with van der Waals surface area (Å²) in [6.07, 6.45) is 1.69. The van der Waals surface area contributed by atoms with Crippen LogP contribution in [0.2, 0.25) is 0 Å². The first-order valence-corrected chi connectivity index (χ1v) is 10.0. The van der Waals surface area contributed by atoms with Crippen molar-refractivity contribution < 1.29 is 9.32 Å². The first-order valence-electron chi connectivity index (χ1n) is 9.21. The summed E-state index contributed by atoms with van der Waals surface area (Å²) >= 11 is 1.58. The van der Waals surface area contributed by atoms with E-state index in [-0.39, 0.29) is 5.91 Å². The summed E-state index contributed by atoms with van der Waals surface area (Å²) in [5.41, 5.74) is 3.19. The van der Waals surface area contributed by atoms with E-state index in [0.29, 0.717) is 18.3 Å². The number of carbonyl (C=O) groups is 1. The van der Waals surface area contributed by atoms with E-state index < -0.39 is 0 Å². The van der Waals surface area contributed by atoms with Gasteiger partial charge in [-0.1, -0.05) is 29.1 Å². The molecule has 3 heterocycles. The molecule has 2 aromatic heterocycles. The molecule has 7 nitrogen and oxygen atoms in total. The highest BCUT2D eigenvalue weighted by atomic mass is 32.2. The number of carbonyl (C=O) groups excluding carboxylic acids is 1. The van der Waals surface area contributed by atoms with Gasteiger partial charge in [0.2, 0.25) is 5.82 Å². The topological polar surface area (TPSA) is 77.0 Å². The summed E-state index contributed by atoms with van der Waals surface area (Å²) < 4.78 is 7.12. The molecule has 144 valence electrons. The average molecular weight is 403 g/mol. The van der Waals surface area contributed by atoms with Gasteiger partial charge in [0.05, 0.1) is 11.3 Å². The smallest absolute Gasteiger partial charge is 0.276 e. The third-order valence-corrected chi connectivity index (χ3v) is 6.00. The van der Waals surface area contributed by atoms with Crippen LogP contribution in [-0.2, 0) is 7.05 Å². The quantitative estimate of drug-likeness (QED) is 0.508. The zero-order chi connectivity index (χ0) is 20.0. The summed E-state index contributed by atoms with van der Waals surface area (Å²) in [7, 11) is 1.83. The second-order valence-corrected chi connectivity index (χ2v) is 7.68. The van der Waals surface area contributed by atoms with Crippen molar-refractivity contribution in [2.24, 2.45) is 7.05 Å². The molecular formula is C21H17N5O2S. The molecule has 29 heavy (non-hydrogen) atoms. The minimum Gasteiger partial charge on any atom is -0.332 e. The molecule has 1 aliphatic rings. The highest BCUT2D eigenvalue weighted by molar-refractivity contribution is 7.99. The number of fused-ring (bicyclic) bond motifs is 2. The molecule has 0 spiro atoms.